The predicted molar refractivity (Wildman–Crippen MR) is 65.6 cm³/mol. The zero-order valence-corrected chi connectivity index (χ0v) is 10.2. The van der Waals surface area contributed by atoms with Gasteiger partial charge in [0, 0.05) is 13.2 Å². The lowest BCUT2D eigenvalue weighted by atomic mass is 10.3. The molecule has 3 N–H and O–H groups in total. The first-order chi connectivity index (χ1) is 8.58. The highest BCUT2D eigenvalue weighted by atomic mass is 16.2. The lowest BCUT2D eigenvalue weighted by Crippen LogP contribution is -2.26. The van der Waals surface area contributed by atoms with Crippen molar-refractivity contribution in [2.24, 2.45) is 7.05 Å². The quantitative estimate of drug-likeness (QED) is 0.796. The summed E-state index contributed by atoms with van der Waals surface area (Å²) in [6, 6.07) is 0. The van der Waals surface area contributed by atoms with E-state index in [-0.39, 0.29) is 5.91 Å². The first kappa shape index (κ1) is 12.0. The van der Waals surface area contributed by atoms with Crippen LogP contribution in [0.3, 0.4) is 0 Å². The van der Waals surface area contributed by atoms with E-state index >= 15 is 0 Å². The van der Waals surface area contributed by atoms with Crippen LogP contribution in [0, 0.1) is 6.92 Å². The summed E-state index contributed by atoms with van der Waals surface area (Å²) in [5.41, 5.74) is 7.88. The second kappa shape index (κ2) is 4.82. The number of nitrogens with one attached hydrogen (secondary N) is 1. The molecule has 0 atom stereocenters. The molecule has 0 spiro atoms. The maximum absolute atomic E-state index is 11.9. The van der Waals surface area contributed by atoms with Crippen molar-refractivity contribution >= 4 is 11.6 Å². The van der Waals surface area contributed by atoms with Crippen LogP contribution in [0.2, 0.25) is 0 Å². The summed E-state index contributed by atoms with van der Waals surface area (Å²) < 4.78 is 1.44. The normalized spacial score (nSPS) is 10.3. The van der Waals surface area contributed by atoms with Crippen molar-refractivity contribution in [1.82, 2.24) is 25.1 Å². The summed E-state index contributed by atoms with van der Waals surface area (Å²) in [4.78, 5) is 20.1. The second-order valence-electron chi connectivity index (χ2n) is 3.90. The predicted octanol–water partition coefficient (Wildman–Crippen LogP) is 0.0307. The van der Waals surface area contributed by atoms with E-state index < -0.39 is 0 Å². The molecular formula is C11H14N6O. The van der Waals surface area contributed by atoms with Crippen molar-refractivity contribution in [3.8, 4) is 0 Å². The molecule has 0 aromatic carbocycles. The van der Waals surface area contributed by atoms with Gasteiger partial charge in [-0.1, -0.05) is 0 Å². The molecule has 2 aromatic rings. The van der Waals surface area contributed by atoms with Gasteiger partial charge in [-0.2, -0.15) is 5.10 Å². The Hall–Kier alpha value is -2.44. The SMILES string of the molecule is Cc1cnc(CNC(=O)c2c(N)cnn2C)cn1. The third-order valence-corrected chi connectivity index (χ3v) is 2.45. The number of anilines is 1. The fourth-order valence-electron chi connectivity index (χ4n) is 1.50. The van der Waals surface area contributed by atoms with Crippen molar-refractivity contribution < 1.29 is 4.79 Å². The van der Waals surface area contributed by atoms with Gasteiger partial charge in [0.2, 0.25) is 0 Å². The standard InChI is InChI=1S/C11H14N6O/c1-7-3-14-8(4-13-7)5-15-11(18)10-9(12)6-16-17(10)2/h3-4,6H,5,12H2,1-2H3,(H,15,18). The number of rotatable bonds is 3. The van der Waals surface area contributed by atoms with Gasteiger partial charge in [0.15, 0.2) is 0 Å². The molecule has 0 fully saturated rings. The zero-order valence-electron chi connectivity index (χ0n) is 10.2. The summed E-state index contributed by atoms with van der Waals surface area (Å²) in [5.74, 6) is -0.283. The lowest BCUT2D eigenvalue weighted by molar-refractivity contribution is 0.0942. The van der Waals surface area contributed by atoms with Gasteiger partial charge >= 0.3 is 0 Å². The Labute approximate surface area is 104 Å². The van der Waals surface area contributed by atoms with Crippen LogP contribution >= 0.6 is 0 Å². The third kappa shape index (κ3) is 2.45. The lowest BCUT2D eigenvalue weighted by Gasteiger charge is -2.05. The zero-order chi connectivity index (χ0) is 13.1. The van der Waals surface area contributed by atoms with Gasteiger partial charge < -0.3 is 11.1 Å². The van der Waals surface area contributed by atoms with Gasteiger partial charge in [-0.25, -0.2) is 0 Å². The minimum Gasteiger partial charge on any atom is -0.396 e. The molecule has 7 heteroatoms. The monoisotopic (exact) mass is 246 g/mol. The first-order valence-corrected chi connectivity index (χ1v) is 5.41. The molecule has 2 heterocycles. The molecule has 18 heavy (non-hydrogen) atoms. The summed E-state index contributed by atoms with van der Waals surface area (Å²) in [6.07, 6.45) is 4.72. The molecule has 0 aliphatic heterocycles. The molecule has 0 saturated heterocycles. The molecule has 2 aromatic heterocycles. The topological polar surface area (TPSA) is 98.7 Å². The van der Waals surface area contributed by atoms with Crippen LogP contribution in [0.1, 0.15) is 21.9 Å². The molecule has 7 nitrogen and oxygen atoms in total. The highest BCUT2D eigenvalue weighted by molar-refractivity contribution is 5.97. The Morgan fingerprint density at radius 2 is 2.17 bits per heavy atom. The Morgan fingerprint density at radius 3 is 2.72 bits per heavy atom. The van der Waals surface area contributed by atoms with E-state index in [0.29, 0.717) is 23.6 Å². The van der Waals surface area contributed by atoms with Gasteiger partial charge in [-0.3, -0.25) is 19.4 Å². The van der Waals surface area contributed by atoms with Crippen LogP contribution < -0.4 is 11.1 Å². The number of hydrogen-bond donors (Lipinski definition) is 2. The third-order valence-electron chi connectivity index (χ3n) is 2.45. The van der Waals surface area contributed by atoms with Crippen molar-refractivity contribution in [3.05, 3.63) is 35.7 Å². The molecule has 1 amide bonds. The van der Waals surface area contributed by atoms with E-state index in [1.54, 1.807) is 19.4 Å². The number of amides is 1. The average molecular weight is 246 g/mol. The highest BCUT2D eigenvalue weighted by Crippen LogP contribution is 2.08. The first-order valence-electron chi connectivity index (χ1n) is 5.41. The fraction of sp³-hybridized carbons (Fsp3) is 0.273. The van der Waals surface area contributed by atoms with Gasteiger partial charge in [0.05, 0.1) is 36.0 Å². The Balaban J connectivity index is 2.03. The van der Waals surface area contributed by atoms with Crippen LogP contribution in [0.25, 0.3) is 0 Å². The largest absolute Gasteiger partial charge is 0.396 e. The second-order valence-corrected chi connectivity index (χ2v) is 3.90. The maximum atomic E-state index is 11.9. The van der Waals surface area contributed by atoms with Gasteiger partial charge in [-0.05, 0) is 6.92 Å². The van der Waals surface area contributed by atoms with Crippen LogP contribution in [-0.2, 0) is 13.6 Å². The number of carbonyl (C=O) groups is 1. The summed E-state index contributed by atoms with van der Waals surface area (Å²) in [5, 5.41) is 6.63. The number of nitrogens with two attached hydrogens (primary N) is 1. The number of carbonyl (C=O) groups excluding carboxylic acids is 1. The average Bonchev–Trinajstić information content (AvgIpc) is 2.68. The van der Waals surface area contributed by atoms with Crippen LogP contribution in [-0.4, -0.2) is 25.7 Å². The molecule has 0 aliphatic rings. The van der Waals surface area contributed by atoms with Crippen LogP contribution in [0.4, 0.5) is 5.69 Å². The Bertz CT molecular complexity index is 540. The van der Waals surface area contributed by atoms with Crippen molar-refractivity contribution in [2.45, 2.75) is 13.5 Å². The molecule has 0 unspecified atom stereocenters. The maximum Gasteiger partial charge on any atom is 0.272 e. The van der Waals surface area contributed by atoms with Crippen molar-refractivity contribution in [3.63, 3.8) is 0 Å². The van der Waals surface area contributed by atoms with E-state index in [1.165, 1.54) is 10.9 Å². The minimum absolute atomic E-state index is 0.283. The van der Waals surface area contributed by atoms with Crippen molar-refractivity contribution in [1.29, 1.82) is 0 Å². The van der Waals surface area contributed by atoms with E-state index in [9.17, 15) is 4.79 Å². The van der Waals surface area contributed by atoms with Gasteiger partial charge in [-0.15, -0.1) is 0 Å². The number of nitrogens with zero attached hydrogens (tertiary/aromatic N) is 4. The molecule has 94 valence electrons. The highest BCUT2D eigenvalue weighted by Gasteiger charge is 2.14. The fourth-order valence-corrected chi connectivity index (χ4v) is 1.50. The number of nitrogen functional groups attached to an aromatic ring is 1. The smallest absolute Gasteiger partial charge is 0.272 e. The number of aryl methyl sites for hydroxylation is 2. The summed E-state index contributed by atoms with van der Waals surface area (Å²) in [6.45, 7) is 2.16. The molecule has 0 aliphatic carbocycles. The molecular weight excluding hydrogens is 232 g/mol. The minimum atomic E-state index is -0.283. The van der Waals surface area contributed by atoms with E-state index in [0.717, 1.165) is 5.69 Å². The van der Waals surface area contributed by atoms with E-state index in [4.69, 9.17) is 5.73 Å². The molecule has 0 saturated carbocycles. The Morgan fingerprint density at radius 1 is 1.39 bits per heavy atom. The number of aromatic nitrogens is 4. The van der Waals surface area contributed by atoms with E-state index in [2.05, 4.69) is 20.4 Å². The molecule has 0 bridgehead atoms. The Kier molecular flexibility index (Phi) is 3.22. The molecule has 2 rings (SSSR count). The van der Waals surface area contributed by atoms with Crippen molar-refractivity contribution in [2.75, 3.05) is 5.73 Å². The molecule has 0 radical (unpaired) electrons. The summed E-state index contributed by atoms with van der Waals surface area (Å²) >= 11 is 0. The summed E-state index contributed by atoms with van der Waals surface area (Å²) in [7, 11) is 1.66. The van der Waals surface area contributed by atoms with Gasteiger partial charge in [0.1, 0.15) is 5.69 Å². The van der Waals surface area contributed by atoms with Gasteiger partial charge in [0.25, 0.3) is 5.91 Å². The van der Waals surface area contributed by atoms with Crippen LogP contribution in [0.5, 0.6) is 0 Å². The van der Waals surface area contributed by atoms with Crippen LogP contribution in [0.15, 0.2) is 18.6 Å². The van der Waals surface area contributed by atoms with E-state index in [1.807, 2.05) is 6.92 Å². The number of hydrogen-bond acceptors (Lipinski definition) is 5.